The summed E-state index contributed by atoms with van der Waals surface area (Å²) < 4.78 is 28.9. The summed E-state index contributed by atoms with van der Waals surface area (Å²) in [5, 5.41) is 6.16. The monoisotopic (exact) mass is 404 g/mol. The molecule has 27 heavy (non-hydrogen) atoms. The summed E-state index contributed by atoms with van der Waals surface area (Å²) in [6.45, 7) is 14.2. The Labute approximate surface area is 164 Å². The number of carbonyl (C=O) groups is 1. The highest BCUT2D eigenvalue weighted by molar-refractivity contribution is 7.92. The molecular formula is C18H36N4O4S. The second-order valence-corrected chi connectivity index (χ2v) is 11.7. The van der Waals surface area contributed by atoms with Gasteiger partial charge in [-0.1, -0.05) is 13.8 Å². The van der Waals surface area contributed by atoms with Gasteiger partial charge in [-0.15, -0.1) is 0 Å². The number of guanidine groups is 1. The van der Waals surface area contributed by atoms with Crippen LogP contribution in [0.5, 0.6) is 0 Å². The fourth-order valence-corrected chi connectivity index (χ4v) is 4.14. The van der Waals surface area contributed by atoms with E-state index in [0.717, 1.165) is 0 Å². The number of nitrogens with zero attached hydrogens (tertiary/aromatic N) is 2. The Morgan fingerprint density at radius 1 is 1.30 bits per heavy atom. The first-order valence-electron chi connectivity index (χ1n) is 9.36. The molecule has 158 valence electrons. The van der Waals surface area contributed by atoms with Crippen LogP contribution in [0.2, 0.25) is 0 Å². The predicted octanol–water partition coefficient (Wildman–Crippen LogP) is 1.62. The van der Waals surface area contributed by atoms with Gasteiger partial charge >= 0.3 is 6.09 Å². The molecule has 0 aromatic carbocycles. The van der Waals surface area contributed by atoms with Gasteiger partial charge in [0, 0.05) is 26.7 Å². The molecule has 9 heteroatoms. The summed E-state index contributed by atoms with van der Waals surface area (Å²) in [5.41, 5.74) is -0.556. The quantitative estimate of drug-likeness (QED) is 0.546. The van der Waals surface area contributed by atoms with Crippen molar-refractivity contribution in [2.75, 3.05) is 32.4 Å². The smallest absolute Gasteiger partial charge is 0.407 e. The maximum absolute atomic E-state index is 12.2. The van der Waals surface area contributed by atoms with Gasteiger partial charge in [-0.25, -0.2) is 13.2 Å². The van der Waals surface area contributed by atoms with Crippen molar-refractivity contribution < 1.29 is 17.9 Å². The topological polar surface area (TPSA) is 100 Å². The highest BCUT2D eigenvalue weighted by atomic mass is 32.2. The van der Waals surface area contributed by atoms with E-state index in [4.69, 9.17) is 4.74 Å². The zero-order valence-corrected chi connectivity index (χ0v) is 18.7. The number of aliphatic imine (C=N–C) groups is 1. The molecule has 1 aliphatic heterocycles. The fraction of sp³-hybridized carbons (Fsp3) is 0.889. The molecule has 1 heterocycles. The number of ether oxygens (including phenoxy) is 1. The first kappa shape index (κ1) is 23.5. The summed E-state index contributed by atoms with van der Waals surface area (Å²) >= 11 is 0. The molecule has 1 atom stereocenters. The van der Waals surface area contributed by atoms with Crippen molar-refractivity contribution in [3.8, 4) is 0 Å². The van der Waals surface area contributed by atoms with Crippen LogP contribution < -0.4 is 10.6 Å². The Kier molecular flexibility index (Phi) is 7.55. The van der Waals surface area contributed by atoms with Gasteiger partial charge in [-0.3, -0.25) is 4.99 Å². The molecule has 1 aliphatic rings. The van der Waals surface area contributed by atoms with Crippen LogP contribution in [-0.2, 0) is 14.6 Å². The van der Waals surface area contributed by atoms with E-state index >= 15 is 0 Å². The Morgan fingerprint density at radius 3 is 2.33 bits per heavy atom. The Hall–Kier alpha value is -1.51. The number of alkyl carbamates (subject to hydrolysis) is 1. The van der Waals surface area contributed by atoms with Crippen LogP contribution >= 0.6 is 0 Å². The van der Waals surface area contributed by atoms with Gasteiger partial charge in [0.1, 0.15) is 5.60 Å². The Morgan fingerprint density at radius 2 is 1.89 bits per heavy atom. The minimum absolute atomic E-state index is 0.102. The Bertz CT molecular complexity index is 651. The van der Waals surface area contributed by atoms with Crippen molar-refractivity contribution in [2.45, 2.75) is 64.9 Å². The van der Waals surface area contributed by atoms with E-state index in [1.807, 2.05) is 39.5 Å². The van der Waals surface area contributed by atoms with Gasteiger partial charge in [-0.05, 0) is 40.5 Å². The molecule has 0 radical (unpaired) electrons. The molecule has 1 unspecified atom stereocenters. The average Bonchev–Trinajstić information content (AvgIpc) is 2.48. The third-order valence-corrected chi connectivity index (χ3v) is 7.07. The van der Waals surface area contributed by atoms with E-state index in [1.165, 1.54) is 0 Å². The van der Waals surface area contributed by atoms with Gasteiger partial charge < -0.3 is 20.3 Å². The summed E-state index contributed by atoms with van der Waals surface area (Å²) in [7, 11) is -1.44. The third-order valence-electron chi connectivity index (χ3n) is 4.54. The summed E-state index contributed by atoms with van der Waals surface area (Å²) in [5.74, 6) is 0.917. The van der Waals surface area contributed by atoms with Gasteiger partial charge in [0.2, 0.25) is 0 Å². The number of amides is 1. The van der Waals surface area contributed by atoms with E-state index < -0.39 is 26.3 Å². The zero-order valence-electron chi connectivity index (χ0n) is 17.9. The summed E-state index contributed by atoms with van der Waals surface area (Å²) in [6, 6.07) is -0.155. The van der Waals surface area contributed by atoms with E-state index in [2.05, 4.69) is 15.6 Å². The number of rotatable bonds is 4. The molecule has 1 rings (SSSR count). The molecule has 0 aromatic rings. The predicted molar refractivity (Wildman–Crippen MR) is 109 cm³/mol. The molecule has 0 aliphatic carbocycles. The average molecular weight is 405 g/mol. The lowest BCUT2D eigenvalue weighted by atomic mass is 10.0. The lowest BCUT2D eigenvalue weighted by molar-refractivity contribution is 0.0491. The number of carbonyl (C=O) groups excluding carboxylic acids is 1. The molecule has 0 aromatic heterocycles. The Balaban J connectivity index is 2.72. The van der Waals surface area contributed by atoms with Crippen LogP contribution in [0, 0.1) is 5.92 Å². The van der Waals surface area contributed by atoms with Gasteiger partial charge in [0.15, 0.2) is 15.8 Å². The van der Waals surface area contributed by atoms with Gasteiger partial charge in [0.25, 0.3) is 0 Å². The fourth-order valence-electron chi connectivity index (χ4n) is 2.77. The van der Waals surface area contributed by atoms with E-state index in [-0.39, 0.29) is 17.7 Å². The minimum Gasteiger partial charge on any atom is -0.444 e. The third kappa shape index (κ3) is 6.86. The van der Waals surface area contributed by atoms with Crippen LogP contribution in [0.3, 0.4) is 0 Å². The van der Waals surface area contributed by atoms with Crippen molar-refractivity contribution >= 4 is 21.9 Å². The second-order valence-electron chi connectivity index (χ2n) is 8.92. The van der Waals surface area contributed by atoms with E-state index in [9.17, 15) is 13.2 Å². The zero-order chi connectivity index (χ0) is 21.0. The largest absolute Gasteiger partial charge is 0.444 e. The standard InChI is InChI=1S/C18H36N4O4S/c1-13(2)14(21-16(23)26-17(3,4)5)11-20-15(19-8)22-9-10-27(24,25)18(6,7)12-22/h13-14H,9-12H2,1-8H3,(H,19,20)(H,21,23). The highest BCUT2D eigenvalue weighted by Crippen LogP contribution is 2.23. The van der Waals surface area contributed by atoms with Crippen LogP contribution in [0.1, 0.15) is 48.5 Å². The van der Waals surface area contributed by atoms with Gasteiger partial charge in [0.05, 0.1) is 16.5 Å². The molecule has 1 fully saturated rings. The molecule has 1 saturated heterocycles. The summed E-state index contributed by atoms with van der Waals surface area (Å²) in [6.07, 6.45) is -0.455. The maximum atomic E-state index is 12.2. The van der Waals surface area contributed by atoms with E-state index in [0.29, 0.717) is 25.6 Å². The molecule has 0 bridgehead atoms. The van der Waals surface area contributed by atoms with Crippen molar-refractivity contribution in [2.24, 2.45) is 10.9 Å². The van der Waals surface area contributed by atoms with Crippen LogP contribution in [0.15, 0.2) is 4.99 Å². The first-order valence-corrected chi connectivity index (χ1v) is 11.0. The maximum Gasteiger partial charge on any atom is 0.407 e. The van der Waals surface area contributed by atoms with Crippen molar-refractivity contribution in [1.29, 1.82) is 0 Å². The van der Waals surface area contributed by atoms with Crippen LogP contribution in [0.25, 0.3) is 0 Å². The first-order chi connectivity index (χ1) is 12.2. The van der Waals surface area contributed by atoms with Crippen molar-refractivity contribution in [3.63, 3.8) is 0 Å². The molecular weight excluding hydrogens is 368 g/mol. The molecule has 0 saturated carbocycles. The van der Waals surface area contributed by atoms with Crippen LogP contribution in [-0.4, -0.2) is 74.2 Å². The number of sulfone groups is 1. The molecule has 2 N–H and O–H groups in total. The van der Waals surface area contributed by atoms with Crippen molar-refractivity contribution in [3.05, 3.63) is 0 Å². The molecule has 0 spiro atoms. The van der Waals surface area contributed by atoms with Gasteiger partial charge in [-0.2, -0.15) is 0 Å². The van der Waals surface area contributed by atoms with E-state index in [1.54, 1.807) is 20.9 Å². The molecule has 8 nitrogen and oxygen atoms in total. The number of nitrogens with one attached hydrogen (secondary N) is 2. The van der Waals surface area contributed by atoms with Crippen LogP contribution in [0.4, 0.5) is 4.79 Å². The summed E-state index contributed by atoms with van der Waals surface area (Å²) in [4.78, 5) is 18.3. The molecule has 1 amide bonds. The highest BCUT2D eigenvalue weighted by Gasteiger charge is 2.41. The second kappa shape index (κ2) is 8.67. The lowest BCUT2D eigenvalue weighted by Crippen LogP contribution is -2.58. The van der Waals surface area contributed by atoms with Crippen molar-refractivity contribution in [1.82, 2.24) is 15.5 Å². The lowest BCUT2D eigenvalue weighted by Gasteiger charge is -2.39. The normalized spacial score (nSPS) is 20.9. The number of hydrogen-bond donors (Lipinski definition) is 2. The number of hydrogen-bond acceptors (Lipinski definition) is 5. The SMILES string of the molecule is CN=C(NCC(NC(=O)OC(C)(C)C)C(C)C)N1CCS(=O)(=O)C(C)(C)C1. The minimum atomic E-state index is -3.11.